The van der Waals surface area contributed by atoms with E-state index in [2.05, 4.69) is 34.6 Å². The van der Waals surface area contributed by atoms with Crippen molar-refractivity contribution in [1.82, 2.24) is 10.4 Å². The number of unbranched alkanes of at least 4 members (excludes halogenated alkanes) is 1. The number of nitrogens with two attached hydrogens (primary N) is 1. The Morgan fingerprint density at radius 1 is 1.23 bits per heavy atom. The number of rotatable bonds is 8. The zero-order valence-corrected chi connectivity index (χ0v) is 15.4. The SMILES string of the molecule is NC(CCCCNO)(C(=O)O)C1CCN(C2CCc3ccccc32)CC1. The molecule has 1 fully saturated rings. The first-order valence-corrected chi connectivity index (χ1v) is 9.77. The van der Waals surface area contributed by atoms with Gasteiger partial charge >= 0.3 is 5.97 Å². The van der Waals surface area contributed by atoms with Crippen molar-refractivity contribution in [2.45, 2.75) is 56.5 Å². The van der Waals surface area contributed by atoms with Crippen LogP contribution < -0.4 is 11.2 Å². The number of nitrogens with zero attached hydrogens (tertiary/aromatic N) is 1. The Balaban J connectivity index is 1.59. The van der Waals surface area contributed by atoms with Crippen LogP contribution in [0.3, 0.4) is 0 Å². The van der Waals surface area contributed by atoms with Crippen LogP contribution in [-0.2, 0) is 11.2 Å². The highest BCUT2D eigenvalue weighted by Gasteiger charge is 2.43. The van der Waals surface area contributed by atoms with Crippen LogP contribution in [0, 0.1) is 5.92 Å². The smallest absolute Gasteiger partial charge is 0.323 e. The molecular weight excluding hydrogens is 330 g/mol. The lowest BCUT2D eigenvalue weighted by molar-refractivity contribution is -0.147. The van der Waals surface area contributed by atoms with E-state index < -0.39 is 11.5 Å². The van der Waals surface area contributed by atoms with E-state index in [0.29, 0.717) is 25.4 Å². The molecule has 1 aromatic rings. The number of hydroxylamine groups is 1. The Morgan fingerprint density at radius 2 is 1.96 bits per heavy atom. The summed E-state index contributed by atoms with van der Waals surface area (Å²) in [4.78, 5) is 14.4. The molecule has 144 valence electrons. The maximum absolute atomic E-state index is 11.9. The zero-order valence-electron chi connectivity index (χ0n) is 15.4. The van der Waals surface area contributed by atoms with Crippen LogP contribution in [0.25, 0.3) is 0 Å². The number of aliphatic carboxylic acids is 1. The van der Waals surface area contributed by atoms with Crippen molar-refractivity contribution < 1.29 is 15.1 Å². The molecule has 1 aromatic carbocycles. The predicted octanol–water partition coefficient (Wildman–Crippen LogP) is 2.32. The Morgan fingerprint density at radius 3 is 2.65 bits per heavy atom. The average molecular weight is 361 g/mol. The van der Waals surface area contributed by atoms with Gasteiger partial charge in [0, 0.05) is 12.6 Å². The number of piperidine rings is 1. The summed E-state index contributed by atoms with van der Waals surface area (Å²) in [5, 5.41) is 18.4. The summed E-state index contributed by atoms with van der Waals surface area (Å²) in [6.45, 7) is 2.29. The van der Waals surface area contributed by atoms with Gasteiger partial charge in [0.15, 0.2) is 0 Å². The van der Waals surface area contributed by atoms with E-state index in [4.69, 9.17) is 10.9 Å². The second kappa shape index (κ2) is 8.48. The Hall–Kier alpha value is -1.47. The summed E-state index contributed by atoms with van der Waals surface area (Å²) in [5.41, 5.74) is 10.2. The molecule has 1 heterocycles. The summed E-state index contributed by atoms with van der Waals surface area (Å²) in [6, 6.07) is 9.15. The third kappa shape index (κ3) is 3.93. The quantitative estimate of drug-likeness (QED) is 0.419. The van der Waals surface area contributed by atoms with Gasteiger partial charge in [0.2, 0.25) is 0 Å². The van der Waals surface area contributed by atoms with Gasteiger partial charge in [-0.05, 0) is 75.1 Å². The minimum absolute atomic E-state index is 0.00924. The highest BCUT2D eigenvalue weighted by molar-refractivity contribution is 5.79. The predicted molar refractivity (Wildman–Crippen MR) is 100.0 cm³/mol. The van der Waals surface area contributed by atoms with Crippen molar-refractivity contribution in [2.24, 2.45) is 11.7 Å². The molecule has 2 aliphatic rings. The highest BCUT2D eigenvalue weighted by Crippen LogP contribution is 2.39. The molecule has 0 amide bonds. The number of hydrogen-bond acceptors (Lipinski definition) is 5. The van der Waals surface area contributed by atoms with Crippen LogP contribution in [-0.4, -0.2) is 46.4 Å². The molecule has 1 aliphatic carbocycles. The van der Waals surface area contributed by atoms with Crippen LogP contribution >= 0.6 is 0 Å². The Kier molecular flexibility index (Phi) is 6.29. The maximum Gasteiger partial charge on any atom is 0.323 e. The van der Waals surface area contributed by atoms with Crippen LogP contribution in [0.15, 0.2) is 24.3 Å². The molecule has 5 N–H and O–H groups in total. The van der Waals surface area contributed by atoms with Gasteiger partial charge in [0.05, 0.1) is 0 Å². The second-order valence-electron chi connectivity index (χ2n) is 7.77. The summed E-state index contributed by atoms with van der Waals surface area (Å²) in [5.74, 6) is -0.880. The van der Waals surface area contributed by atoms with Gasteiger partial charge in [-0.15, -0.1) is 0 Å². The molecule has 6 heteroatoms. The molecule has 6 nitrogen and oxygen atoms in total. The van der Waals surface area contributed by atoms with Gasteiger partial charge in [-0.1, -0.05) is 24.3 Å². The van der Waals surface area contributed by atoms with Gasteiger partial charge in [0.25, 0.3) is 0 Å². The summed E-state index contributed by atoms with van der Waals surface area (Å²) in [6.07, 6.45) is 5.84. The van der Waals surface area contributed by atoms with Crippen molar-refractivity contribution in [3.63, 3.8) is 0 Å². The number of carboxylic acid groups (broad SMARTS) is 1. The first-order valence-electron chi connectivity index (χ1n) is 9.77. The van der Waals surface area contributed by atoms with Crippen LogP contribution in [0.4, 0.5) is 0 Å². The normalized spacial score (nSPS) is 23.5. The summed E-state index contributed by atoms with van der Waals surface area (Å²) in [7, 11) is 0. The maximum atomic E-state index is 11.9. The molecule has 2 atom stereocenters. The lowest BCUT2D eigenvalue weighted by Gasteiger charge is -2.42. The van der Waals surface area contributed by atoms with E-state index in [-0.39, 0.29) is 5.92 Å². The summed E-state index contributed by atoms with van der Waals surface area (Å²) < 4.78 is 0. The lowest BCUT2D eigenvalue weighted by atomic mass is 9.75. The van der Waals surface area contributed by atoms with Crippen LogP contribution in [0.5, 0.6) is 0 Å². The molecule has 1 aliphatic heterocycles. The number of likely N-dealkylation sites (tertiary alicyclic amines) is 1. The number of carboxylic acids is 1. The van der Waals surface area contributed by atoms with E-state index in [1.165, 1.54) is 11.1 Å². The van der Waals surface area contributed by atoms with Gasteiger partial charge in [-0.2, -0.15) is 0 Å². The molecule has 0 radical (unpaired) electrons. The number of benzene rings is 1. The third-order valence-corrected chi connectivity index (χ3v) is 6.33. The average Bonchev–Trinajstić information content (AvgIpc) is 3.09. The number of hydrogen-bond donors (Lipinski definition) is 4. The van der Waals surface area contributed by atoms with Crippen LogP contribution in [0.2, 0.25) is 0 Å². The van der Waals surface area contributed by atoms with Crippen molar-refractivity contribution in [3.05, 3.63) is 35.4 Å². The van der Waals surface area contributed by atoms with E-state index in [1.54, 1.807) is 0 Å². The first-order chi connectivity index (χ1) is 12.6. The van der Waals surface area contributed by atoms with Gasteiger partial charge in [-0.25, -0.2) is 5.48 Å². The van der Waals surface area contributed by atoms with Crippen molar-refractivity contribution in [1.29, 1.82) is 0 Å². The number of carbonyl (C=O) groups is 1. The third-order valence-electron chi connectivity index (χ3n) is 6.33. The second-order valence-corrected chi connectivity index (χ2v) is 7.77. The molecular formula is C20H31N3O3. The standard InChI is InChI=1S/C20H31N3O3/c21-20(19(24)25,11-3-4-12-22-26)16-9-13-23(14-10-16)18-8-7-15-5-1-2-6-17(15)18/h1-2,5-6,16,18,22,26H,3-4,7-14,21H2,(H,24,25). The first kappa shape index (κ1) is 19.3. The van der Waals surface area contributed by atoms with Gasteiger partial charge in [-0.3, -0.25) is 9.69 Å². The lowest BCUT2D eigenvalue weighted by Crippen LogP contribution is -2.57. The largest absolute Gasteiger partial charge is 0.480 e. The zero-order chi connectivity index (χ0) is 18.6. The van der Waals surface area contributed by atoms with E-state index in [1.807, 2.05) is 0 Å². The van der Waals surface area contributed by atoms with E-state index >= 15 is 0 Å². The molecule has 2 unspecified atom stereocenters. The van der Waals surface area contributed by atoms with E-state index in [9.17, 15) is 9.90 Å². The fourth-order valence-electron chi connectivity index (χ4n) is 4.75. The van der Waals surface area contributed by atoms with Crippen molar-refractivity contribution in [3.8, 4) is 0 Å². The monoisotopic (exact) mass is 361 g/mol. The Labute approximate surface area is 155 Å². The molecule has 0 aromatic heterocycles. The van der Waals surface area contributed by atoms with Crippen molar-refractivity contribution in [2.75, 3.05) is 19.6 Å². The highest BCUT2D eigenvalue weighted by atomic mass is 16.5. The Bertz CT molecular complexity index is 616. The number of nitrogens with one attached hydrogen (secondary N) is 1. The molecule has 26 heavy (non-hydrogen) atoms. The minimum atomic E-state index is -1.16. The fourth-order valence-corrected chi connectivity index (χ4v) is 4.75. The topological polar surface area (TPSA) is 98.8 Å². The number of aryl methyl sites for hydroxylation is 1. The van der Waals surface area contributed by atoms with Gasteiger partial charge < -0.3 is 16.0 Å². The van der Waals surface area contributed by atoms with Gasteiger partial charge in [0.1, 0.15) is 5.54 Å². The van der Waals surface area contributed by atoms with Crippen LogP contribution in [0.1, 0.15) is 55.7 Å². The number of fused-ring (bicyclic) bond motifs is 1. The molecule has 1 saturated heterocycles. The molecule has 0 bridgehead atoms. The minimum Gasteiger partial charge on any atom is -0.480 e. The fraction of sp³-hybridized carbons (Fsp3) is 0.650. The van der Waals surface area contributed by atoms with Crippen molar-refractivity contribution >= 4 is 5.97 Å². The summed E-state index contributed by atoms with van der Waals surface area (Å²) >= 11 is 0. The molecule has 3 rings (SSSR count). The molecule has 0 saturated carbocycles. The van der Waals surface area contributed by atoms with E-state index in [0.717, 1.165) is 45.2 Å². The molecule has 0 spiro atoms.